The van der Waals surface area contributed by atoms with Crippen LogP contribution in [0.15, 0.2) is 17.3 Å². The van der Waals surface area contributed by atoms with Crippen LogP contribution in [0.3, 0.4) is 0 Å². The second kappa shape index (κ2) is 5.70. The Balaban J connectivity index is 3.32. The zero-order valence-electron chi connectivity index (χ0n) is 9.55. The molecule has 0 fully saturated rings. The molecule has 108 valence electrons. The third-order valence-electron chi connectivity index (χ3n) is 2.05. The topological polar surface area (TPSA) is 148 Å². The van der Waals surface area contributed by atoms with Gasteiger partial charge in [0.25, 0.3) is 0 Å². The second-order valence-corrected chi connectivity index (χ2v) is 8.40. The lowest BCUT2D eigenvalue weighted by Crippen LogP contribution is -2.17. The van der Waals surface area contributed by atoms with Crippen LogP contribution < -0.4 is 0 Å². The first-order valence-corrected chi connectivity index (χ1v) is 8.89. The van der Waals surface area contributed by atoms with E-state index in [1.54, 1.807) is 6.07 Å². The highest BCUT2D eigenvalue weighted by Gasteiger charge is 2.29. The quantitative estimate of drug-likeness (QED) is 0.419. The third kappa shape index (κ3) is 4.12. The van der Waals surface area contributed by atoms with Crippen molar-refractivity contribution >= 4 is 35.3 Å². The largest absolute Gasteiger partial charge is 0.307 e. The van der Waals surface area contributed by atoms with Crippen LogP contribution in [-0.4, -0.2) is 38.2 Å². The van der Waals surface area contributed by atoms with Crippen LogP contribution in [0, 0.1) is 21.4 Å². The molecular formula is C8H6ClN3O6S2. The van der Waals surface area contributed by atoms with Crippen LogP contribution in [0.25, 0.3) is 0 Å². The van der Waals surface area contributed by atoms with Crippen LogP contribution in [0.2, 0.25) is 0 Å². The van der Waals surface area contributed by atoms with E-state index >= 15 is 0 Å². The highest BCUT2D eigenvalue weighted by Crippen LogP contribution is 2.23. The van der Waals surface area contributed by atoms with Crippen LogP contribution in [0.4, 0.5) is 5.69 Å². The van der Waals surface area contributed by atoms with Gasteiger partial charge in [-0.3, -0.25) is 10.1 Å². The predicted molar refractivity (Wildman–Crippen MR) is 67.3 cm³/mol. The van der Waals surface area contributed by atoms with Gasteiger partial charge in [-0.05, 0) is 0 Å². The molecule has 0 saturated carbocycles. The summed E-state index contributed by atoms with van der Waals surface area (Å²) in [6.07, 6.45) is 0.842. The maximum absolute atomic E-state index is 11.8. The van der Waals surface area contributed by atoms with Gasteiger partial charge in [0.05, 0.1) is 22.0 Å². The Morgan fingerprint density at radius 2 is 1.95 bits per heavy atom. The molecule has 0 aliphatic rings. The van der Waals surface area contributed by atoms with Crippen molar-refractivity contribution in [2.24, 2.45) is 0 Å². The minimum absolute atomic E-state index is 0.194. The first-order valence-electron chi connectivity index (χ1n) is 4.76. The summed E-state index contributed by atoms with van der Waals surface area (Å²) in [6, 6.07) is 2.32. The first kappa shape index (κ1) is 16.3. The molecule has 0 radical (unpaired) electrons. The number of aromatic nitrogens is 1. The molecule has 9 nitrogen and oxygen atoms in total. The van der Waals surface area contributed by atoms with Gasteiger partial charge in [-0.1, -0.05) is 0 Å². The van der Waals surface area contributed by atoms with Gasteiger partial charge in [-0.2, -0.15) is 5.26 Å². The number of hydrogen-bond donors (Lipinski definition) is 0. The third-order valence-corrected chi connectivity index (χ3v) is 5.11. The van der Waals surface area contributed by atoms with Crippen LogP contribution in [0.1, 0.15) is 5.56 Å². The van der Waals surface area contributed by atoms with Crippen molar-refractivity contribution in [3.8, 4) is 6.07 Å². The van der Waals surface area contributed by atoms with Crippen molar-refractivity contribution in [1.82, 2.24) is 4.98 Å². The average molecular weight is 340 g/mol. The highest BCUT2D eigenvalue weighted by atomic mass is 35.7. The fourth-order valence-electron chi connectivity index (χ4n) is 1.18. The molecule has 0 amide bonds. The Labute approximate surface area is 118 Å². The van der Waals surface area contributed by atoms with Gasteiger partial charge in [0.15, 0.2) is 0 Å². The molecular weight excluding hydrogens is 334 g/mol. The maximum atomic E-state index is 11.8. The van der Waals surface area contributed by atoms with Gasteiger partial charge < -0.3 is 0 Å². The minimum Gasteiger partial charge on any atom is -0.258 e. The lowest BCUT2D eigenvalue weighted by molar-refractivity contribution is -0.388. The number of pyridine rings is 1. The molecule has 0 aliphatic carbocycles. The SMILES string of the molecule is N#Cc1cnc(S(=O)(=O)CCS(=O)(=O)Cl)c([N+](=O)[O-])c1. The molecule has 0 atom stereocenters. The summed E-state index contributed by atoms with van der Waals surface area (Å²) in [6.45, 7) is 0. The molecule has 0 saturated heterocycles. The molecule has 20 heavy (non-hydrogen) atoms. The van der Waals surface area contributed by atoms with Crippen LogP contribution >= 0.6 is 10.7 Å². The molecule has 0 aliphatic heterocycles. The molecule has 0 N–H and O–H groups in total. The Hall–Kier alpha value is -1.77. The summed E-state index contributed by atoms with van der Waals surface area (Å²) < 4.78 is 45.1. The molecule has 1 aromatic heterocycles. The van der Waals surface area contributed by atoms with E-state index < -0.39 is 46.0 Å². The maximum Gasteiger partial charge on any atom is 0.307 e. The first-order chi connectivity index (χ1) is 9.07. The number of hydrogen-bond acceptors (Lipinski definition) is 8. The van der Waals surface area contributed by atoms with Crippen molar-refractivity contribution in [3.05, 3.63) is 27.9 Å². The second-order valence-electron chi connectivity index (χ2n) is 3.48. The van der Waals surface area contributed by atoms with Crippen molar-refractivity contribution in [3.63, 3.8) is 0 Å². The zero-order valence-corrected chi connectivity index (χ0v) is 11.9. The average Bonchev–Trinajstić information content (AvgIpc) is 2.35. The molecule has 0 aromatic carbocycles. The number of sulfone groups is 1. The summed E-state index contributed by atoms with van der Waals surface area (Å²) in [5.41, 5.74) is -1.09. The lowest BCUT2D eigenvalue weighted by atomic mass is 10.3. The summed E-state index contributed by atoms with van der Waals surface area (Å²) in [7, 11) is -3.50. The molecule has 0 unspecified atom stereocenters. The number of nitrogens with zero attached hydrogens (tertiary/aromatic N) is 3. The summed E-state index contributed by atoms with van der Waals surface area (Å²) in [4.78, 5) is 13.1. The number of nitro groups is 1. The standard InChI is InChI=1S/C8H6ClN3O6S2/c9-20(17,18)2-1-19(15,16)8-7(12(13)14)3-6(4-10)5-11-8/h3,5H,1-2H2. The van der Waals surface area contributed by atoms with E-state index in [4.69, 9.17) is 15.9 Å². The van der Waals surface area contributed by atoms with Gasteiger partial charge in [0.1, 0.15) is 6.07 Å². The summed E-state index contributed by atoms with van der Waals surface area (Å²) in [5, 5.41) is 18.5. The molecule has 12 heteroatoms. The zero-order chi connectivity index (χ0) is 15.6. The van der Waals surface area contributed by atoms with Gasteiger partial charge in [0.2, 0.25) is 23.9 Å². The van der Waals surface area contributed by atoms with Crippen molar-refractivity contribution in [1.29, 1.82) is 5.26 Å². The molecule has 0 spiro atoms. The molecule has 1 heterocycles. The van der Waals surface area contributed by atoms with E-state index in [-0.39, 0.29) is 5.56 Å². The van der Waals surface area contributed by atoms with E-state index in [1.807, 2.05) is 0 Å². The lowest BCUT2D eigenvalue weighted by Gasteiger charge is -2.03. The van der Waals surface area contributed by atoms with E-state index in [2.05, 4.69) is 4.98 Å². The van der Waals surface area contributed by atoms with Crippen molar-refractivity contribution < 1.29 is 21.8 Å². The Morgan fingerprint density at radius 3 is 2.40 bits per heavy atom. The normalized spacial score (nSPS) is 11.8. The van der Waals surface area contributed by atoms with E-state index in [1.165, 1.54) is 0 Å². The summed E-state index contributed by atoms with van der Waals surface area (Å²) >= 11 is 0. The fraction of sp³-hybridized carbons (Fsp3) is 0.250. The van der Waals surface area contributed by atoms with Crippen LogP contribution in [-0.2, 0) is 18.9 Å². The van der Waals surface area contributed by atoms with E-state index in [9.17, 15) is 26.9 Å². The molecule has 1 aromatic rings. The highest BCUT2D eigenvalue weighted by molar-refractivity contribution is 8.14. The van der Waals surface area contributed by atoms with Gasteiger partial charge in [-0.15, -0.1) is 0 Å². The van der Waals surface area contributed by atoms with E-state index in [0.717, 1.165) is 12.3 Å². The van der Waals surface area contributed by atoms with Crippen LogP contribution in [0.5, 0.6) is 0 Å². The van der Waals surface area contributed by atoms with Gasteiger partial charge >= 0.3 is 5.69 Å². The fourth-order valence-corrected chi connectivity index (χ4v) is 4.28. The smallest absolute Gasteiger partial charge is 0.258 e. The molecule has 0 bridgehead atoms. The Bertz CT molecular complexity index is 796. The predicted octanol–water partition coefficient (Wildman–Crippen LogP) is 0.204. The Morgan fingerprint density at radius 1 is 1.35 bits per heavy atom. The van der Waals surface area contributed by atoms with Gasteiger partial charge in [-0.25, -0.2) is 21.8 Å². The number of halogens is 1. The minimum atomic E-state index is -4.32. The summed E-state index contributed by atoms with van der Waals surface area (Å²) in [5.74, 6) is -1.85. The molecule has 1 rings (SSSR count). The van der Waals surface area contributed by atoms with Crippen molar-refractivity contribution in [2.75, 3.05) is 11.5 Å². The van der Waals surface area contributed by atoms with Crippen molar-refractivity contribution in [2.45, 2.75) is 5.03 Å². The number of nitriles is 1. The Kier molecular flexibility index (Phi) is 4.64. The van der Waals surface area contributed by atoms with E-state index in [0.29, 0.717) is 0 Å². The monoisotopic (exact) mass is 339 g/mol. The number of rotatable bonds is 5. The van der Waals surface area contributed by atoms with Gasteiger partial charge in [0, 0.05) is 22.9 Å².